The summed E-state index contributed by atoms with van der Waals surface area (Å²) in [7, 11) is 0. The van der Waals surface area contributed by atoms with Gasteiger partial charge in [-0.3, -0.25) is 4.79 Å². The Morgan fingerprint density at radius 1 is 1.77 bits per heavy atom. The summed E-state index contributed by atoms with van der Waals surface area (Å²) < 4.78 is 4.75. The molecule has 0 spiro atoms. The molecule has 0 saturated carbocycles. The van der Waals surface area contributed by atoms with Crippen LogP contribution in [0.25, 0.3) is 0 Å². The predicted molar refractivity (Wildman–Crippen MR) is 45.4 cm³/mol. The minimum atomic E-state index is -0.323. The van der Waals surface area contributed by atoms with Crippen molar-refractivity contribution >= 4 is 5.91 Å². The highest BCUT2D eigenvalue weighted by Crippen LogP contribution is 2.08. The Morgan fingerprint density at radius 3 is 2.92 bits per heavy atom. The number of rotatable bonds is 4. The molecule has 1 atom stereocenters. The number of aromatic nitrogens is 2. The fraction of sp³-hybridized carbons (Fsp3) is 0.500. The first-order valence-electron chi connectivity index (χ1n) is 4.02. The minimum Gasteiger partial charge on any atom is -0.369 e. The molecule has 1 unspecified atom stereocenters. The van der Waals surface area contributed by atoms with Gasteiger partial charge in [0.1, 0.15) is 0 Å². The second-order valence-corrected chi connectivity index (χ2v) is 2.91. The molecule has 1 aromatic heterocycles. The van der Waals surface area contributed by atoms with E-state index in [4.69, 9.17) is 10.3 Å². The highest BCUT2D eigenvalue weighted by molar-refractivity contribution is 5.76. The molecule has 0 bridgehead atoms. The maximum absolute atomic E-state index is 10.7. The summed E-state index contributed by atoms with van der Waals surface area (Å²) in [5.41, 5.74) is 5.08. The highest BCUT2D eigenvalue weighted by atomic mass is 16.5. The molecular formula is C8H12N3O2. The smallest absolute Gasteiger partial charge is 0.223 e. The normalized spacial score (nSPS) is 12.8. The lowest BCUT2D eigenvalue weighted by atomic mass is 10.1. The SMILES string of the molecule is Cc1nc([CH]CC(C)C(N)=O)no1. The molecule has 5 nitrogen and oxygen atoms in total. The summed E-state index contributed by atoms with van der Waals surface area (Å²) in [6, 6.07) is 0. The van der Waals surface area contributed by atoms with Gasteiger partial charge in [-0.05, 0) is 6.42 Å². The Balaban J connectivity index is 2.39. The molecule has 0 aromatic carbocycles. The van der Waals surface area contributed by atoms with Crippen LogP contribution in [0.1, 0.15) is 25.1 Å². The van der Waals surface area contributed by atoms with E-state index in [2.05, 4.69) is 10.1 Å². The van der Waals surface area contributed by atoms with Crippen LogP contribution in [0.3, 0.4) is 0 Å². The third-order valence-corrected chi connectivity index (χ3v) is 1.68. The van der Waals surface area contributed by atoms with Crippen LogP contribution < -0.4 is 5.73 Å². The molecule has 0 fully saturated rings. The second kappa shape index (κ2) is 4.02. The van der Waals surface area contributed by atoms with Crippen LogP contribution in [0.5, 0.6) is 0 Å². The maximum Gasteiger partial charge on any atom is 0.223 e. The quantitative estimate of drug-likeness (QED) is 0.732. The van der Waals surface area contributed by atoms with Crippen LogP contribution in [-0.2, 0) is 4.79 Å². The molecule has 13 heavy (non-hydrogen) atoms. The Hall–Kier alpha value is -1.39. The summed E-state index contributed by atoms with van der Waals surface area (Å²) in [5.74, 6) is 0.499. The Bertz CT molecular complexity index is 295. The Morgan fingerprint density at radius 2 is 2.46 bits per heavy atom. The van der Waals surface area contributed by atoms with E-state index in [0.29, 0.717) is 18.1 Å². The van der Waals surface area contributed by atoms with Crippen LogP contribution in [0.15, 0.2) is 4.52 Å². The van der Waals surface area contributed by atoms with Crippen molar-refractivity contribution in [3.05, 3.63) is 18.1 Å². The van der Waals surface area contributed by atoms with Gasteiger partial charge in [-0.15, -0.1) is 0 Å². The molecule has 71 valence electrons. The van der Waals surface area contributed by atoms with E-state index in [0.717, 1.165) is 0 Å². The van der Waals surface area contributed by atoms with E-state index < -0.39 is 0 Å². The molecule has 2 N–H and O–H groups in total. The molecular weight excluding hydrogens is 170 g/mol. The zero-order valence-corrected chi connectivity index (χ0v) is 7.65. The topological polar surface area (TPSA) is 82.0 Å². The largest absolute Gasteiger partial charge is 0.369 e. The summed E-state index contributed by atoms with van der Waals surface area (Å²) in [6.07, 6.45) is 2.26. The van der Waals surface area contributed by atoms with Gasteiger partial charge >= 0.3 is 0 Å². The van der Waals surface area contributed by atoms with Crippen molar-refractivity contribution in [2.75, 3.05) is 0 Å². The first-order chi connectivity index (χ1) is 6.09. The van der Waals surface area contributed by atoms with Crippen LogP contribution in [0, 0.1) is 19.3 Å². The van der Waals surface area contributed by atoms with E-state index in [1.807, 2.05) is 0 Å². The molecule has 1 aromatic rings. The molecule has 1 rings (SSSR count). The zero-order valence-electron chi connectivity index (χ0n) is 7.65. The Labute approximate surface area is 76.3 Å². The average Bonchev–Trinajstić information content (AvgIpc) is 2.47. The zero-order chi connectivity index (χ0) is 9.84. The number of aryl methyl sites for hydroxylation is 1. The van der Waals surface area contributed by atoms with Gasteiger partial charge in [0, 0.05) is 19.3 Å². The van der Waals surface area contributed by atoms with Crippen molar-refractivity contribution in [2.45, 2.75) is 20.3 Å². The van der Waals surface area contributed by atoms with Gasteiger partial charge < -0.3 is 10.3 Å². The molecule has 1 heterocycles. The average molecular weight is 182 g/mol. The van der Waals surface area contributed by atoms with E-state index in [-0.39, 0.29) is 11.8 Å². The predicted octanol–water partition coefficient (Wildman–Crippen LogP) is 0.442. The summed E-state index contributed by atoms with van der Waals surface area (Å²) in [4.78, 5) is 14.6. The number of amides is 1. The number of nitrogens with zero attached hydrogens (tertiary/aromatic N) is 2. The molecule has 5 heteroatoms. The second-order valence-electron chi connectivity index (χ2n) is 2.91. The molecule has 1 radical (unpaired) electrons. The first kappa shape index (κ1) is 9.70. The Kier molecular flexibility index (Phi) is 3.00. The number of nitrogens with two attached hydrogens (primary N) is 1. The third-order valence-electron chi connectivity index (χ3n) is 1.68. The van der Waals surface area contributed by atoms with Crippen LogP contribution in [-0.4, -0.2) is 16.0 Å². The summed E-state index contributed by atoms with van der Waals surface area (Å²) in [5, 5.41) is 3.65. The maximum atomic E-state index is 10.7. The van der Waals surface area contributed by atoms with Gasteiger partial charge in [0.05, 0.1) is 0 Å². The van der Waals surface area contributed by atoms with Gasteiger partial charge in [0.25, 0.3) is 0 Å². The van der Waals surface area contributed by atoms with Crippen LogP contribution >= 0.6 is 0 Å². The monoisotopic (exact) mass is 182 g/mol. The van der Waals surface area contributed by atoms with Crippen molar-refractivity contribution in [1.29, 1.82) is 0 Å². The number of carbonyl (C=O) groups is 1. The van der Waals surface area contributed by atoms with Crippen molar-refractivity contribution in [2.24, 2.45) is 11.7 Å². The van der Waals surface area contributed by atoms with Gasteiger partial charge in [0.15, 0.2) is 5.82 Å². The fourth-order valence-electron chi connectivity index (χ4n) is 0.796. The minimum absolute atomic E-state index is 0.196. The van der Waals surface area contributed by atoms with Gasteiger partial charge in [-0.2, -0.15) is 4.98 Å². The molecule has 0 aliphatic heterocycles. The van der Waals surface area contributed by atoms with Crippen LogP contribution in [0.4, 0.5) is 0 Å². The van der Waals surface area contributed by atoms with E-state index in [1.54, 1.807) is 20.3 Å². The molecule has 0 aliphatic rings. The lowest BCUT2D eigenvalue weighted by Crippen LogP contribution is -2.20. The summed E-state index contributed by atoms with van der Waals surface area (Å²) in [6.45, 7) is 3.47. The molecule has 0 saturated heterocycles. The van der Waals surface area contributed by atoms with E-state index >= 15 is 0 Å². The molecule has 1 amide bonds. The summed E-state index contributed by atoms with van der Waals surface area (Å²) >= 11 is 0. The van der Waals surface area contributed by atoms with Gasteiger partial charge in [-0.25, -0.2) is 0 Å². The van der Waals surface area contributed by atoms with Crippen molar-refractivity contribution in [3.8, 4) is 0 Å². The van der Waals surface area contributed by atoms with Crippen LogP contribution in [0.2, 0.25) is 0 Å². The van der Waals surface area contributed by atoms with Crippen molar-refractivity contribution in [1.82, 2.24) is 10.1 Å². The first-order valence-corrected chi connectivity index (χ1v) is 4.02. The number of hydrogen-bond acceptors (Lipinski definition) is 4. The fourth-order valence-corrected chi connectivity index (χ4v) is 0.796. The number of carbonyl (C=O) groups excluding carboxylic acids is 1. The van der Waals surface area contributed by atoms with Crippen molar-refractivity contribution < 1.29 is 9.32 Å². The number of primary amides is 1. The molecule has 0 aliphatic carbocycles. The van der Waals surface area contributed by atoms with Gasteiger partial charge in [0.2, 0.25) is 11.8 Å². The van der Waals surface area contributed by atoms with E-state index in [9.17, 15) is 4.79 Å². The third kappa shape index (κ3) is 2.85. The standard InChI is InChI=1S/C8H12N3O2/c1-5(8(9)12)3-4-7-10-6(2)13-11-7/h4-5H,3H2,1-2H3,(H2,9,12). The highest BCUT2D eigenvalue weighted by Gasteiger charge is 2.11. The lowest BCUT2D eigenvalue weighted by molar-refractivity contribution is -0.121. The van der Waals surface area contributed by atoms with Gasteiger partial charge in [-0.1, -0.05) is 12.1 Å². The van der Waals surface area contributed by atoms with E-state index in [1.165, 1.54) is 0 Å². The number of hydrogen-bond donors (Lipinski definition) is 1. The van der Waals surface area contributed by atoms with Crippen molar-refractivity contribution in [3.63, 3.8) is 0 Å². The lowest BCUT2D eigenvalue weighted by Gasteiger charge is -2.02.